The third-order valence-corrected chi connectivity index (χ3v) is 5.67. The van der Waals surface area contributed by atoms with E-state index in [0.717, 1.165) is 34.9 Å². The Morgan fingerprint density at radius 1 is 1.04 bits per heavy atom. The van der Waals surface area contributed by atoms with Gasteiger partial charge in [0.15, 0.2) is 0 Å². The van der Waals surface area contributed by atoms with E-state index in [-0.39, 0.29) is 18.5 Å². The van der Waals surface area contributed by atoms with Gasteiger partial charge in [-0.25, -0.2) is 8.42 Å². The van der Waals surface area contributed by atoms with Crippen molar-refractivity contribution in [1.29, 1.82) is 0 Å². The molecule has 0 saturated carbocycles. The predicted molar refractivity (Wildman–Crippen MR) is 110 cm³/mol. The molecule has 0 aliphatic heterocycles. The molecule has 2 rings (SSSR count). The Morgan fingerprint density at radius 3 is 2.19 bits per heavy atom. The van der Waals surface area contributed by atoms with Crippen LogP contribution in [-0.2, 0) is 14.8 Å². The maximum Gasteiger partial charge on any atom is 0.241 e. The molecule has 1 unspecified atom stereocenters. The van der Waals surface area contributed by atoms with E-state index in [1.54, 1.807) is 6.07 Å². The SMILES string of the molecule is CCC(NC(=O)CN(c1cc(C)ccc1C)S(C)(=O)=O)c1ccc(C)cc1. The van der Waals surface area contributed by atoms with Crippen molar-refractivity contribution in [3.8, 4) is 0 Å². The number of nitrogens with zero attached hydrogens (tertiary/aromatic N) is 1. The minimum absolute atomic E-state index is 0.155. The lowest BCUT2D eigenvalue weighted by atomic mass is 10.0. The molecule has 0 aliphatic rings. The zero-order chi connectivity index (χ0) is 20.2. The van der Waals surface area contributed by atoms with Gasteiger partial charge in [-0.15, -0.1) is 0 Å². The van der Waals surface area contributed by atoms with Crippen LogP contribution < -0.4 is 9.62 Å². The van der Waals surface area contributed by atoms with Crippen LogP contribution in [0.3, 0.4) is 0 Å². The van der Waals surface area contributed by atoms with Gasteiger partial charge in [-0.1, -0.05) is 48.9 Å². The number of sulfonamides is 1. The van der Waals surface area contributed by atoms with E-state index in [1.807, 2.05) is 64.1 Å². The molecule has 6 heteroatoms. The van der Waals surface area contributed by atoms with Crippen LogP contribution >= 0.6 is 0 Å². The fraction of sp³-hybridized carbons (Fsp3) is 0.381. The smallest absolute Gasteiger partial charge is 0.241 e. The first-order valence-electron chi connectivity index (χ1n) is 9.02. The Labute approximate surface area is 162 Å². The third kappa shape index (κ3) is 5.57. The molecule has 0 radical (unpaired) electrons. The van der Waals surface area contributed by atoms with Gasteiger partial charge in [-0.3, -0.25) is 9.10 Å². The number of amides is 1. The average Bonchev–Trinajstić information content (AvgIpc) is 2.60. The number of benzene rings is 2. The van der Waals surface area contributed by atoms with Crippen LogP contribution in [0.2, 0.25) is 0 Å². The fourth-order valence-electron chi connectivity index (χ4n) is 2.96. The number of hydrogen-bond donors (Lipinski definition) is 1. The number of nitrogens with one attached hydrogen (secondary N) is 1. The van der Waals surface area contributed by atoms with E-state index in [9.17, 15) is 13.2 Å². The standard InChI is InChI=1S/C21H28N2O3S/c1-6-19(18-11-8-15(2)9-12-18)22-21(24)14-23(27(5,25)26)20-13-16(3)7-10-17(20)4/h7-13,19H,6,14H2,1-5H3,(H,22,24). The second kappa shape index (κ2) is 8.57. The molecule has 1 atom stereocenters. The number of hydrogen-bond acceptors (Lipinski definition) is 3. The topological polar surface area (TPSA) is 66.5 Å². The highest BCUT2D eigenvalue weighted by Crippen LogP contribution is 2.24. The molecule has 0 spiro atoms. The summed E-state index contributed by atoms with van der Waals surface area (Å²) in [5, 5.41) is 2.96. The first kappa shape index (κ1) is 21.0. The average molecular weight is 389 g/mol. The van der Waals surface area contributed by atoms with Gasteiger partial charge >= 0.3 is 0 Å². The molecule has 0 saturated heterocycles. The number of aryl methyl sites for hydroxylation is 3. The Balaban J connectivity index is 2.23. The molecule has 1 amide bonds. The first-order chi connectivity index (χ1) is 12.6. The van der Waals surface area contributed by atoms with Crippen LogP contribution in [0.4, 0.5) is 5.69 Å². The molecule has 2 aromatic carbocycles. The largest absolute Gasteiger partial charge is 0.348 e. The lowest BCUT2D eigenvalue weighted by Gasteiger charge is -2.25. The lowest BCUT2D eigenvalue weighted by molar-refractivity contribution is -0.120. The van der Waals surface area contributed by atoms with Crippen molar-refractivity contribution in [3.05, 3.63) is 64.7 Å². The van der Waals surface area contributed by atoms with E-state index < -0.39 is 10.0 Å². The van der Waals surface area contributed by atoms with E-state index in [1.165, 1.54) is 4.31 Å². The third-order valence-electron chi connectivity index (χ3n) is 4.54. The molecule has 2 aromatic rings. The summed E-state index contributed by atoms with van der Waals surface area (Å²) in [6.45, 7) is 7.49. The van der Waals surface area contributed by atoms with Crippen LogP contribution in [0.1, 0.15) is 41.6 Å². The second-order valence-corrected chi connectivity index (χ2v) is 8.91. The molecule has 0 aromatic heterocycles. The highest BCUT2D eigenvalue weighted by Gasteiger charge is 2.23. The van der Waals surface area contributed by atoms with Crippen molar-refractivity contribution >= 4 is 21.6 Å². The van der Waals surface area contributed by atoms with Gasteiger partial charge in [-0.05, 0) is 49.9 Å². The predicted octanol–water partition coefficient (Wildman–Crippen LogP) is 3.65. The molecule has 0 aliphatic carbocycles. The van der Waals surface area contributed by atoms with Gasteiger partial charge in [0.2, 0.25) is 15.9 Å². The molecular formula is C21H28N2O3S. The van der Waals surface area contributed by atoms with E-state index in [2.05, 4.69) is 5.32 Å². The van der Waals surface area contributed by atoms with Crippen LogP contribution in [-0.4, -0.2) is 27.1 Å². The number of anilines is 1. The van der Waals surface area contributed by atoms with Gasteiger partial charge < -0.3 is 5.32 Å². The highest BCUT2D eigenvalue weighted by molar-refractivity contribution is 7.92. The van der Waals surface area contributed by atoms with Gasteiger partial charge in [0, 0.05) is 0 Å². The molecule has 0 bridgehead atoms. The maximum atomic E-state index is 12.7. The second-order valence-electron chi connectivity index (χ2n) is 7.00. The van der Waals surface area contributed by atoms with Gasteiger partial charge in [0.1, 0.15) is 6.54 Å². The molecule has 27 heavy (non-hydrogen) atoms. The van der Waals surface area contributed by atoms with Gasteiger partial charge in [-0.2, -0.15) is 0 Å². The molecule has 5 nitrogen and oxygen atoms in total. The van der Waals surface area contributed by atoms with Crippen molar-refractivity contribution in [2.24, 2.45) is 0 Å². The molecule has 146 valence electrons. The van der Waals surface area contributed by atoms with Gasteiger partial charge in [0.25, 0.3) is 0 Å². The fourth-order valence-corrected chi connectivity index (χ4v) is 3.87. The quantitative estimate of drug-likeness (QED) is 0.787. The zero-order valence-electron chi connectivity index (χ0n) is 16.6. The highest BCUT2D eigenvalue weighted by atomic mass is 32.2. The first-order valence-corrected chi connectivity index (χ1v) is 10.9. The summed E-state index contributed by atoms with van der Waals surface area (Å²) >= 11 is 0. The molecular weight excluding hydrogens is 360 g/mol. The van der Waals surface area contributed by atoms with Crippen molar-refractivity contribution in [2.75, 3.05) is 17.1 Å². The van der Waals surface area contributed by atoms with Crippen molar-refractivity contribution in [3.63, 3.8) is 0 Å². The summed E-state index contributed by atoms with van der Waals surface area (Å²) in [5.41, 5.74) is 4.45. The zero-order valence-corrected chi connectivity index (χ0v) is 17.4. The Morgan fingerprint density at radius 2 is 1.63 bits per heavy atom. The molecule has 1 N–H and O–H groups in total. The monoisotopic (exact) mass is 388 g/mol. The summed E-state index contributed by atoms with van der Waals surface area (Å²) < 4.78 is 25.9. The van der Waals surface area contributed by atoms with Crippen molar-refractivity contribution in [2.45, 2.75) is 40.2 Å². The number of carbonyl (C=O) groups is 1. The summed E-state index contributed by atoms with van der Waals surface area (Å²) in [6.07, 6.45) is 1.84. The molecule has 0 heterocycles. The van der Waals surface area contributed by atoms with Crippen molar-refractivity contribution in [1.82, 2.24) is 5.32 Å². The number of rotatable bonds is 7. The minimum atomic E-state index is -3.59. The lowest BCUT2D eigenvalue weighted by Crippen LogP contribution is -2.41. The van der Waals surface area contributed by atoms with Crippen LogP contribution in [0, 0.1) is 20.8 Å². The minimum Gasteiger partial charge on any atom is -0.348 e. The normalized spacial score (nSPS) is 12.5. The summed E-state index contributed by atoms with van der Waals surface area (Å²) in [6, 6.07) is 13.4. The summed E-state index contributed by atoms with van der Waals surface area (Å²) in [7, 11) is -3.59. The Kier molecular flexibility index (Phi) is 6.65. The summed E-state index contributed by atoms with van der Waals surface area (Å²) in [4.78, 5) is 12.7. The molecule has 0 fully saturated rings. The van der Waals surface area contributed by atoms with Crippen LogP contribution in [0.25, 0.3) is 0 Å². The van der Waals surface area contributed by atoms with Crippen molar-refractivity contribution < 1.29 is 13.2 Å². The van der Waals surface area contributed by atoms with Gasteiger partial charge in [0.05, 0.1) is 18.0 Å². The van der Waals surface area contributed by atoms with Crippen LogP contribution in [0.15, 0.2) is 42.5 Å². The van der Waals surface area contributed by atoms with E-state index >= 15 is 0 Å². The Hall–Kier alpha value is -2.34. The summed E-state index contributed by atoms with van der Waals surface area (Å²) in [5.74, 6) is -0.325. The van der Waals surface area contributed by atoms with E-state index in [0.29, 0.717) is 5.69 Å². The Bertz CT molecular complexity index is 906. The number of carbonyl (C=O) groups excluding carboxylic acids is 1. The maximum absolute atomic E-state index is 12.7. The van der Waals surface area contributed by atoms with Crippen LogP contribution in [0.5, 0.6) is 0 Å². The van der Waals surface area contributed by atoms with E-state index in [4.69, 9.17) is 0 Å².